The van der Waals surface area contributed by atoms with E-state index in [1.54, 1.807) is 6.92 Å². The van der Waals surface area contributed by atoms with Crippen molar-refractivity contribution in [2.24, 2.45) is 5.92 Å². The van der Waals surface area contributed by atoms with Gasteiger partial charge in [-0.25, -0.2) is 0 Å². The van der Waals surface area contributed by atoms with Gasteiger partial charge >= 0.3 is 0 Å². The maximum atomic E-state index is 12.1. The zero-order valence-electron chi connectivity index (χ0n) is 13.0. The second-order valence-electron chi connectivity index (χ2n) is 5.78. The van der Waals surface area contributed by atoms with Gasteiger partial charge in [0.2, 0.25) is 11.8 Å². The zero-order chi connectivity index (χ0) is 17.2. The molecular weight excluding hydrogens is 392 g/mol. The van der Waals surface area contributed by atoms with E-state index in [0.29, 0.717) is 11.1 Å². The largest absolute Gasteiger partial charge is 0.411 e. The van der Waals surface area contributed by atoms with Gasteiger partial charge in [0.25, 0.3) is 5.22 Å². The number of hydrogen-bond donors (Lipinski definition) is 1. The maximum absolute atomic E-state index is 12.1. The summed E-state index contributed by atoms with van der Waals surface area (Å²) in [6.07, 6.45) is 1.97. The Bertz CT molecular complexity index is 799. The van der Waals surface area contributed by atoms with Crippen LogP contribution in [-0.4, -0.2) is 27.4 Å². The Labute approximate surface area is 152 Å². The highest BCUT2D eigenvalue weighted by Crippen LogP contribution is 2.39. The van der Waals surface area contributed by atoms with Crippen molar-refractivity contribution in [1.29, 1.82) is 5.26 Å². The summed E-state index contributed by atoms with van der Waals surface area (Å²) in [6.45, 7) is 1.77. The lowest BCUT2D eigenvalue weighted by Crippen LogP contribution is -2.47. The van der Waals surface area contributed by atoms with Gasteiger partial charge in [0.1, 0.15) is 5.54 Å². The fraction of sp³-hybridized carbons (Fsp3) is 0.375. The number of aromatic nitrogens is 2. The van der Waals surface area contributed by atoms with Crippen LogP contribution in [0.4, 0.5) is 0 Å². The number of nitrogens with one attached hydrogen (secondary N) is 1. The molecule has 0 unspecified atom stereocenters. The third-order valence-electron chi connectivity index (χ3n) is 3.86. The molecule has 24 heavy (non-hydrogen) atoms. The number of nitriles is 1. The summed E-state index contributed by atoms with van der Waals surface area (Å²) >= 11 is 4.59. The van der Waals surface area contributed by atoms with Crippen LogP contribution in [0, 0.1) is 17.2 Å². The number of benzene rings is 1. The molecule has 1 aromatic heterocycles. The molecule has 3 rings (SSSR count). The van der Waals surface area contributed by atoms with Crippen LogP contribution in [-0.2, 0) is 4.79 Å². The molecule has 0 aliphatic heterocycles. The van der Waals surface area contributed by atoms with E-state index >= 15 is 0 Å². The van der Waals surface area contributed by atoms with E-state index < -0.39 is 5.54 Å². The Balaban J connectivity index is 1.59. The molecular formula is C16H15BrN4O2S. The van der Waals surface area contributed by atoms with Crippen LogP contribution in [0.5, 0.6) is 0 Å². The number of carbonyl (C=O) groups is 1. The van der Waals surface area contributed by atoms with E-state index in [-0.39, 0.29) is 17.6 Å². The number of halogens is 1. The van der Waals surface area contributed by atoms with Crippen LogP contribution in [0.1, 0.15) is 19.8 Å². The number of thioether (sulfide) groups is 1. The van der Waals surface area contributed by atoms with Crippen LogP contribution in [0.15, 0.2) is 38.4 Å². The van der Waals surface area contributed by atoms with Gasteiger partial charge in [-0.15, -0.1) is 10.2 Å². The average Bonchev–Trinajstić information content (AvgIpc) is 3.33. The second kappa shape index (κ2) is 6.95. The van der Waals surface area contributed by atoms with Crippen molar-refractivity contribution >= 4 is 33.6 Å². The standard InChI is InChI=1S/C16H15BrN4O2S/c1-16(9-18,10-6-7-10)19-13(22)8-24-15-21-20-14(23-15)11-4-2-3-5-12(11)17/h2-5,10H,6-8H2,1H3,(H,19,22)/t16-/m0/s1. The van der Waals surface area contributed by atoms with Gasteiger partial charge in [-0.2, -0.15) is 5.26 Å². The molecule has 1 amide bonds. The molecule has 0 saturated heterocycles. The quantitative estimate of drug-likeness (QED) is 0.738. The first-order valence-electron chi connectivity index (χ1n) is 7.45. The lowest BCUT2D eigenvalue weighted by atomic mass is 9.98. The Kier molecular flexibility index (Phi) is 4.92. The Morgan fingerprint density at radius 2 is 2.25 bits per heavy atom. The molecule has 1 atom stereocenters. The normalized spacial score (nSPS) is 16.2. The minimum atomic E-state index is -0.785. The van der Waals surface area contributed by atoms with Crippen molar-refractivity contribution in [3.8, 4) is 17.5 Å². The monoisotopic (exact) mass is 406 g/mol. The zero-order valence-corrected chi connectivity index (χ0v) is 15.4. The molecule has 0 bridgehead atoms. The molecule has 0 spiro atoms. The molecule has 1 fully saturated rings. The summed E-state index contributed by atoms with van der Waals surface area (Å²) < 4.78 is 6.44. The van der Waals surface area contributed by atoms with E-state index in [2.05, 4.69) is 37.5 Å². The van der Waals surface area contributed by atoms with Crippen molar-refractivity contribution < 1.29 is 9.21 Å². The highest BCUT2D eigenvalue weighted by Gasteiger charge is 2.42. The molecule has 8 heteroatoms. The number of hydrogen-bond acceptors (Lipinski definition) is 6. The van der Waals surface area contributed by atoms with E-state index in [0.717, 1.165) is 34.6 Å². The molecule has 1 aromatic carbocycles. The van der Waals surface area contributed by atoms with E-state index in [4.69, 9.17) is 4.42 Å². The fourth-order valence-electron chi connectivity index (χ4n) is 2.35. The summed E-state index contributed by atoms with van der Waals surface area (Å²) in [5, 5.41) is 20.3. The summed E-state index contributed by atoms with van der Waals surface area (Å²) in [6, 6.07) is 9.74. The van der Waals surface area contributed by atoms with Crippen molar-refractivity contribution in [3.63, 3.8) is 0 Å². The van der Waals surface area contributed by atoms with Crippen LogP contribution in [0.25, 0.3) is 11.5 Å². The number of rotatable bonds is 6. The van der Waals surface area contributed by atoms with Crippen molar-refractivity contribution in [3.05, 3.63) is 28.7 Å². The van der Waals surface area contributed by atoms with Crippen LogP contribution in [0.2, 0.25) is 0 Å². The SMILES string of the molecule is C[C@@](C#N)(NC(=O)CSc1nnc(-c2ccccc2Br)o1)C1CC1. The first-order chi connectivity index (χ1) is 11.5. The molecule has 0 radical (unpaired) electrons. The Hall–Kier alpha value is -1.85. The van der Waals surface area contributed by atoms with Crippen LogP contribution in [0.3, 0.4) is 0 Å². The van der Waals surface area contributed by atoms with Crippen LogP contribution < -0.4 is 5.32 Å². The number of carbonyl (C=O) groups excluding carboxylic acids is 1. The first-order valence-corrected chi connectivity index (χ1v) is 9.23. The minimum absolute atomic E-state index is 0.127. The van der Waals surface area contributed by atoms with E-state index in [1.807, 2.05) is 24.3 Å². The summed E-state index contributed by atoms with van der Waals surface area (Å²) in [4.78, 5) is 12.1. The van der Waals surface area contributed by atoms with E-state index in [1.165, 1.54) is 0 Å². The number of amides is 1. The summed E-state index contributed by atoms with van der Waals surface area (Å²) in [7, 11) is 0. The van der Waals surface area contributed by atoms with Gasteiger partial charge in [0.15, 0.2) is 0 Å². The highest BCUT2D eigenvalue weighted by molar-refractivity contribution is 9.10. The average molecular weight is 407 g/mol. The van der Waals surface area contributed by atoms with Crippen LogP contribution >= 0.6 is 27.7 Å². The van der Waals surface area contributed by atoms with Crippen molar-refractivity contribution in [2.45, 2.75) is 30.5 Å². The second-order valence-corrected chi connectivity index (χ2v) is 7.56. The molecule has 2 aromatic rings. The Morgan fingerprint density at radius 1 is 1.50 bits per heavy atom. The predicted octanol–water partition coefficient (Wildman–Crippen LogP) is 3.40. The van der Waals surface area contributed by atoms with Gasteiger partial charge in [-0.1, -0.05) is 23.9 Å². The number of nitrogens with zero attached hydrogens (tertiary/aromatic N) is 3. The summed E-state index contributed by atoms with van der Waals surface area (Å²) in [5.74, 6) is 0.561. The molecule has 1 heterocycles. The lowest BCUT2D eigenvalue weighted by molar-refractivity contribution is -0.119. The van der Waals surface area contributed by atoms with Gasteiger partial charge in [0.05, 0.1) is 17.4 Å². The molecule has 1 aliphatic carbocycles. The van der Waals surface area contributed by atoms with Gasteiger partial charge in [-0.05, 0) is 53.7 Å². The van der Waals surface area contributed by atoms with Crippen molar-refractivity contribution in [2.75, 3.05) is 5.75 Å². The molecule has 1 aliphatic rings. The fourth-order valence-corrected chi connectivity index (χ4v) is 3.36. The first kappa shape index (κ1) is 17.0. The topological polar surface area (TPSA) is 91.8 Å². The maximum Gasteiger partial charge on any atom is 0.277 e. The third kappa shape index (κ3) is 3.79. The van der Waals surface area contributed by atoms with Gasteiger partial charge < -0.3 is 9.73 Å². The molecule has 1 saturated carbocycles. The summed E-state index contributed by atoms with van der Waals surface area (Å²) in [5.41, 5.74) is 0.0131. The Morgan fingerprint density at radius 3 is 2.92 bits per heavy atom. The van der Waals surface area contributed by atoms with E-state index in [9.17, 15) is 10.1 Å². The smallest absolute Gasteiger partial charge is 0.277 e. The molecule has 1 N–H and O–H groups in total. The molecule has 124 valence electrons. The predicted molar refractivity (Wildman–Crippen MR) is 93.0 cm³/mol. The highest BCUT2D eigenvalue weighted by atomic mass is 79.9. The minimum Gasteiger partial charge on any atom is -0.411 e. The van der Waals surface area contributed by atoms with Crippen molar-refractivity contribution in [1.82, 2.24) is 15.5 Å². The molecule has 6 nitrogen and oxygen atoms in total. The third-order valence-corrected chi connectivity index (χ3v) is 5.37. The van der Waals surface area contributed by atoms with Gasteiger partial charge in [0, 0.05) is 4.47 Å². The van der Waals surface area contributed by atoms with Gasteiger partial charge in [-0.3, -0.25) is 4.79 Å². The lowest BCUT2D eigenvalue weighted by Gasteiger charge is -2.22.